The minimum Gasteiger partial charge on any atom is -0.375 e. The van der Waals surface area contributed by atoms with Crippen LogP contribution in [0.15, 0.2) is 5.10 Å². The molecule has 1 aromatic rings. The molecule has 0 radical (unpaired) electrons. The van der Waals surface area contributed by atoms with Crippen LogP contribution in [-0.2, 0) is 7.05 Å². The lowest BCUT2D eigenvalue weighted by Gasteiger charge is -2.01. The van der Waals surface area contributed by atoms with Gasteiger partial charge in [-0.3, -0.25) is 5.43 Å². The highest BCUT2D eigenvalue weighted by Gasteiger charge is 2.08. The van der Waals surface area contributed by atoms with Crippen LogP contribution in [0.5, 0.6) is 0 Å². The van der Waals surface area contributed by atoms with Gasteiger partial charge in [-0.2, -0.15) is 5.10 Å². The Morgan fingerprint density at radius 2 is 2.20 bits per heavy atom. The number of hydrogen-bond donors (Lipinski definition) is 2. The molecule has 7 heteroatoms. The summed E-state index contributed by atoms with van der Waals surface area (Å²) >= 11 is 11.4. The van der Waals surface area contributed by atoms with E-state index in [9.17, 15) is 0 Å². The molecule has 0 aliphatic rings. The fourth-order valence-corrected chi connectivity index (χ4v) is 2.40. The predicted molar refractivity (Wildman–Crippen MR) is 71.0 cm³/mol. The number of rotatable bonds is 2. The molecule has 0 fully saturated rings. The SMILES string of the molecule is C/C(=N/NC(N)=S)c1sc(=S)n(C)c1C. The third kappa shape index (κ3) is 2.83. The van der Waals surface area contributed by atoms with Gasteiger partial charge in [-0.25, -0.2) is 0 Å². The van der Waals surface area contributed by atoms with Gasteiger partial charge in [-0.1, -0.05) is 0 Å². The molecule has 0 unspecified atom stereocenters. The molecule has 0 amide bonds. The Kier molecular flexibility index (Phi) is 3.95. The highest BCUT2D eigenvalue weighted by molar-refractivity contribution is 7.80. The maximum absolute atomic E-state index is 5.28. The fourth-order valence-electron chi connectivity index (χ4n) is 1.04. The quantitative estimate of drug-likeness (QED) is 0.482. The zero-order chi connectivity index (χ0) is 11.6. The van der Waals surface area contributed by atoms with Crippen LogP contribution in [0.1, 0.15) is 17.5 Å². The van der Waals surface area contributed by atoms with Gasteiger partial charge in [0.2, 0.25) is 0 Å². The number of nitrogens with one attached hydrogen (secondary N) is 1. The molecule has 0 saturated carbocycles. The average molecular weight is 260 g/mol. The predicted octanol–water partition coefficient (Wildman–Crippen LogP) is 1.68. The van der Waals surface area contributed by atoms with Gasteiger partial charge in [0.25, 0.3) is 0 Å². The molecule has 0 bridgehead atoms. The summed E-state index contributed by atoms with van der Waals surface area (Å²) in [4.78, 5) is 1.05. The lowest BCUT2D eigenvalue weighted by Crippen LogP contribution is -2.25. The first-order valence-corrected chi connectivity index (χ1v) is 5.83. The van der Waals surface area contributed by atoms with E-state index in [1.165, 1.54) is 11.3 Å². The van der Waals surface area contributed by atoms with Gasteiger partial charge in [-0.15, -0.1) is 11.3 Å². The Hall–Kier alpha value is -0.790. The van der Waals surface area contributed by atoms with Crippen molar-refractivity contribution in [2.24, 2.45) is 17.9 Å². The van der Waals surface area contributed by atoms with E-state index in [1.807, 2.05) is 25.5 Å². The molecule has 15 heavy (non-hydrogen) atoms. The highest BCUT2D eigenvalue weighted by atomic mass is 32.1. The molecule has 1 heterocycles. The second-order valence-corrected chi connectivity index (χ2v) is 5.10. The van der Waals surface area contributed by atoms with Crippen LogP contribution in [0.2, 0.25) is 0 Å². The van der Waals surface area contributed by atoms with Gasteiger partial charge in [0.1, 0.15) is 0 Å². The zero-order valence-corrected chi connectivity index (χ0v) is 11.1. The van der Waals surface area contributed by atoms with Crippen molar-refractivity contribution in [2.45, 2.75) is 13.8 Å². The molecule has 0 aliphatic heterocycles. The largest absolute Gasteiger partial charge is 0.375 e. The Morgan fingerprint density at radius 3 is 2.60 bits per heavy atom. The molecular weight excluding hydrogens is 248 g/mol. The third-order valence-corrected chi connectivity index (χ3v) is 3.82. The monoisotopic (exact) mass is 260 g/mol. The third-order valence-electron chi connectivity index (χ3n) is 1.96. The number of aromatic nitrogens is 1. The molecular formula is C8H12N4S3. The van der Waals surface area contributed by atoms with Crippen LogP contribution in [0.4, 0.5) is 0 Å². The summed E-state index contributed by atoms with van der Waals surface area (Å²) < 4.78 is 2.78. The Labute approximate surface area is 103 Å². The van der Waals surface area contributed by atoms with Gasteiger partial charge in [0.15, 0.2) is 9.07 Å². The van der Waals surface area contributed by atoms with Crippen LogP contribution in [0.25, 0.3) is 0 Å². The van der Waals surface area contributed by atoms with Crippen LogP contribution in [0.3, 0.4) is 0 Å². The van der Waals surface area contributed by atoms with E-state index in [4.69, 9.17) is 18.0 Å². The Bertz CT molecular complexity index is 469. The number of hydrazone groups is 1. The number of nitrogens with two attached hydrogens (primary N) is 1. The van der Waals surface area contributed by atoms with Crippen molar-refractivity contribution in [3.05, 3.63) is 14.5 Å². The van der Waals surface area contributed by atoms with Crippen molar-refractivity contribution in [2.75, 3.05) is 0 Å². The lowest BCUT2D eigenvalue weighted by atomic mass is 10.3. The van der Waals surface area contributed by atoms with Crippen molar-refractivity contribution in [3.8, 4) is 0 Å². The number of thiazole rings is 1. The first-order chi connectivity index (χ1) is 6.93. The first kappa shape index (κ1) is 12.3. The normalized spacial score (nSPS) is 11.5. The zero-order valence-electron chi connectivity index (χ0n) is 8.70. The highest BCUT2D eigenvalue weighted by Crippen LogP contribution is 2.18. The molecule has 1 aromatic heterocycles. The molecule has 0 spiro atoms. The summed E-state index contributed by atoms with van der Waals surface area (Å²) in [6, 6.07) is 0. The summed E-state index contributed by atoms with van der Waals surface area (Å²) in [6.07, 6.45) is 0. The van der Waals surface area contributed by atoms with Crippen LogP contribution < -0.4 is 11.2 Å². The number of thiocarbonyl (C=S) groups is 1. The Morgan fingerprint density at radius 1 is 1.60 bits per heavy atom. The van der Waals surface area contributed by atoms with Crippen LogP contribution in [-0.4, -0.2) is 15.4 Å². The van der Waals surface area contributed by atoms with Crippen molar-refractivity contribution < 1.29 is 0 Å². The molecule has 0 atom stereocenters. The van der Waals surface area contributed by atoms with E-state index in [0.29, 0.717) is 0 Å². The molecule has 0 saturated heterocycles. The molecule has 0 aromatic carbocycles. The summed E-state index contributed by atoms with van der Waals surface area (Å²) in [5, 5.41) is 4.22. The summed E-state index contributed by atoms with van der Waals surface area (Å²) in [5.41, 5.74) is 9.77. The molecule has 0 aliphatic carbocycles. The summed E-state index contributed by atoms with van der Waals surface area (Å²) in [5.74, 6) is 0. The fraction of sp³-hybridized carbons (Fsp3) is 0.375. The van der Waals surface area contributed by atoms with Gasteiger partial charge >= 0.3 is 0 Å². The van der Waals surface area contributed by atoms with Crippen molar-refractivity contribution in [3.63, 3.8) is 0 Å². The first-order valence-electron chi connectivity index (χ1n) is 4.20. The Balaban J connectivity index is 3.06. The molecule has 4 nitrogen and oxygen atoms in total. The van der Waals surface area contributed by atoms with E-state index in [1.54, 1.807) is 0 Å². The van der Waals surface area contributed by atoms with E-state index in [0.717, 1.165) is 20.2 Å². The van der Waals surface area contributed by atoms with Crippen LogP contribution in [0, 0.1) is 10.9 Å². The van der Waals surface area contributed by atoms with Gasteiger partial charge in [0.05, 0.1) is 10.6 Å². The standard InChI is InChI=1S/C8H12N4S3/c1-4(10-11-7(9)13)6-5(2)12(3)8(14)15-6/h1-3H3,(H3,9,11,13)/b10-4-. The van der Waals surface area contributed by atoms with E-state index in [2.05, 4.69) is 22.7 Å². The lowest BCUT2D eigenvalue weighted by molar-refractivity contribution is 0.871. The maximum Gasteiger partial charge on any atom is 0.184 e. The summed E-state index contributed by atoms with van der Waals surface area (Å²) in [6.45, 7) is 3.89. The van der Waals surface area contributed by atoms with Crippen LogP contribution >= 0.6 is 35.8 Å². The van der Waals surface area contributed by atoms with Crippen molar-refractivity contribution in [1.29, 1.82) is 0 Å². The number of hydrogen-bond acceptors (Lipinski definition) is 4. The second-order valence-electron chi connectivity index (χ2n) is 3.01. The minimum atomic E-state index is 0.159. The smallest absolute Gasteiger partial charge is 0.184 e. The topological polar surface area (TPSA) is 55.3 Å². The van der Waals surface area contributed by atoms with E-state index < -0.39 is 0 Å². The molecule has 82 valence electrons. The summed E-state index contributed by atoms with van der Waals surface area (Å²) in [7, 11) is 1.94. The van der Waals surface area contributed by atoms with Gasteiger partial charge in [-0.05, 0) is 38.3 Å². The number of nitrogens with zero attached hydrogens (tertiary/aromatic N) is 2. The van der Waals surface area contributed by atoms with Gasteiger partial charge in [0, 0.05) is 12.7 Å². The van der Waals surface area contributed by atoms with E-state index in [-0.39, 0.29) is 5.11 Å². The minimum absolute atomic E-state index is 0.159. The maximum atomic E-state index is 5.28. The molecule has 3 N–H and O–H groups in total. The van der Waals surface area contributed by atoms with Crippen molar-refractivity contribution >= 4 is 46.6 Å². The van der Waals surface area contributed by atoms with E-state index >= 15 is 0 Å². The molecule has 1 rings (SSSR count). The van der Waals surface area contributed by atoms with Gasteiger partial charge < -0.3 is 10.3 Å². The van der Waals surface area contributed by atoms with Crippen molar-refractivity contribution in [1.82, 2.24) is 9.99 Å². The second kappa shape index (κ2) is 4.82. The average Bonchev–Trinajstić information content (AvgIpc) is 2.42.